The molecule has 1 N–H and O–H groups in total. The molecule has 0 atom stereocenters. The van der Waals surface area contributed by atoms with E-state index in [0.29, 0.717) is 16.5 Å². The number of hydrogen-bond acceptors (Lipinski definition) is 4. The van der Waals surface area contributed by atoms with Crippen molar-refractivity contribution in [2.45, 2.75) is 6.92 Å². The predicted octanol–water partition coefficient (Wildman–Crippen LogP) is 3.69. The van der Waals surface area contributed by atoms with Gasteiger partial charge in [-0.2, -0.15) is 0 Å². The van der Waals surface area contributed by atoms with Crippen molar-refractivity contribution >= 4 is 35.0 Å². The van der Waals surface area contributed by atoms with Crippen LogP contribution in [0.15, 0.2) is 43.0 Å². The standard InChI is InChI=1S/C20H17ClN2O4/c1-4-7-23-19(25)13-6-5-12(9-14(13)20(23)26)18(24)22-16-8-11(2)15(21)10-17(16)27-3/h4-6,8-10H,1,7H2,2-3H3,(H,22,24). The maximum Gasteiger partial charge on any atom is 0.261 e. The molecule has 1 heterocycles. The van der Waals surface area contributed by atoms with Crippen LogP contribution in [0.5, 0.6) is 5.75 Å². The molecule has 0 bridgehead atoms. The first-order valence-electron chi connectivity index (χ1n) is 8.14. The van der Waals surface area contributed by atoms with Crippen LogP contribution in [-0.2, 0) is 0 Å². The van der Waals surface area contributed by atoms with Crippen molar-refractivity contribution < 1.29 is 19.1 Å². The summed E-state index contributed by atoms with van der Waals surface area (Å²) in [6, 6.07) is 7.73. The molecular weight excluding hydrogens is 368 g/mol. The average molecular weight is 385 g/mol. The fraction of sp³-hybridized carbons (Fsp3) is 0.150. The van der Waals surface area contributed by atoms with Gasteiger partial charge in [0.05, 0.1) is 23.9 Å². The molecule has 0 spiro atoms. The topological polar surface area (TPSA) is 75.7 Å². The zero-order valence-corrected chi connectivity index (χ0v) is 15.6. The zero-order valence-electron chi connectivity index (χ0n) is 14.8. The number of nitrogens with one attached hydrogen (secondary N) is 1. The smallest absolute Gasteiger partial charge is 0.261 e. The second-order valence-electron chi connectivity index (χ2n) is 6.03. The molecule has 3 amide bonds. The molecule has 3 rings (SSSR count). The van der Waals surface area contributed by atoms with E-state index in [1.807, 2.05) is 6.92 Å². The van der Waals surface area contributed by atoms with Crippen LogP contribution < -0.4 is 10.1 Å². The second kappa shape index (κ2) is 7.25. The number of amides is 3. The molecule has 0 saturated heterocycles. The highest BCUT2D eigenvalue weighted by atomic mass is 35.5. The number of rotatable bonds is 5. The molecule has 1 aliphatic rings. The van der Waals surface area contributed by atoms with Crippen molar-refractivity contribution in [3.63, 3.8) is 0 Å². The van der Waals surface area contributed by atoms with Gasteiger partial charge in [0.15, 0.2) is 0 Å². The first-order valence-corrected chi connectivity index (χ1v) is 8.51. The van der Waals surface area contributed by atoms with E-state index >= 15 is 0 Å². The molecule has 0 radical (unpaired) electrons. The van der Waals surface area contributed by atoms with E-state index < -0.39 is 17.7 Å². The lowest BCUT2D eigenvalue weighted by atomic mass is 10.1. The third kappa shape index (κ3) is 3.31. The van der Waals surface area contributed by atoms with E-state index in [1.165, 1.54) is 31.4 Å². The SMILES string of the molecule is C=CCN1C(=O)c2ccc(C(=O)Nc3cc(C)c(Cl)cc3OC)cc2C1=O. The van der Waals surface area contributed by atoms with Crippen molar-refractivity contribution in [3.8, 4) is 5.75 Å². The number of hydrogen-bond donors (Lipinski definition) is 1. The van der Waals surface area contributed by atoms with E-state index in [0.717, 1.165) is 10.5 Å². The minimum absolute atomic E-state index is 0.120. The Morgan fingerprint density at radius 3 is 2.59 bits per heavy atom. The third-order valence-electron chi connectivity index (χ3n) is 4.27. The summed E-state index contributed by atoms with van der Waals surface area (Å²) < 4.78 is 5.25. The minimum atomic E-state index is -0.440. The quantitative estimate of drug-likeness (QED) is 0.630. The number of halogens is 1. The maximum atomic E-state index is 12.6. The molecule has 0 unspecified atom stereocenters. The number of aryl methyl sites for hydroxylation is 1. The molecule has 0 saturated carbocycles. The normalized spacial score (nSPS) is 12.8. The summed E-state index contributed by atoms with van der Waals surface area (Å²) in [7, 11) is 1.48. The van der Waals surface area contributed by atoms with Gasteiger partial charge < -0.3 is 10.1 Å². The first-order chi connectivity index (χ1) is 12.9. The highest BCUT2D eigenvalue weighted by molar-refractivity contribution is 6.31. The van der Waals surface area contributed by atoms with E-state index in [9.17, 15) is 14.4 Å². The summed E-state index contributed by atoms with van der Waals surface area (Å²) in [4.78, 5) is 38.4. The number of carbonyl (C=O) groups excluding carboxylic acids is 3. The summed E-state index contributed by atoms with van der Waals surface area (Å²) >= 11 is 6.08. The molecule has 0 aromatic heterocycles. The molecule has 0 aliphatic carbocycles. The largest absolute Gasteiger partial charge is 0.495 e. The van der Waals surface area contributed by atoms with Gasteiger partial charge in [-0.3, -0.25) is 19.3 Å². The van der Waals surface area contributed by atoms with E-state index in [2.05, 4.69) is 11.9 Å². The third-order valence-corrected chi connectivity index (χ3v) is 4.68. The van der Waals surface area contributed by atoms with E-state index in [-0.39, 0.29) is 23.2 Å². The number of nitrogens with zero attached hydrogens (tertiary/aromatic N) is 1. The fourth-order valence-corrected chi connectivity index (χ4v) is 3.00. The minimum Gasteiger partial charge on any atom is -0.495 e. The molecular formula is C20H17ClN2O4. The van der Waals surface area contributed by atoms with Gasteiger partial charge in [-0.05, 0) is 36.8 Å². The van der Waals surface area contributed by atoms with Gasteiger partial charge in [-0.15, -0.1) is 6.58 Å². The van der Waals surface area contributed by atoms with Crippen LogP contribution in [0, 0.1) is 6.92 Å². The Morgan fingerprint density at radius 2 is 1.93 bits per heavy atom. The van der Waals surface area contributed by atoms with Crippen molar-refractivity contribution in [2.24, 2.45) is 0 Å². The van der Waals surface area contributed by atoms with Gasteiger partial charge in [0, 0.05) is 23.2 Å². The second-order valence-corrected chi connectivity index (χ2v) is 6.43. The Labute approximate surface area is 161 Å². The number of benzene rings is 2. The number of ether oxygens (including phenoxy) is 1. The van der Waals surface area contributed by atoms with Crippen LogP contribution in [0.2, 0.25) is 5.02 Å². The molecule has 27 heavy (non-hydrogen) atoms. The highest BCUT2D eigenvalue weighted by Gasteiger charge is 2.35. The predicted molar refractivity (Wildman–Crippen MR) is 103 cm³/mol. The Morgan fingerprint density at radius 1 is 1.22 bits per heavy atom. The summed E-state index contributed by atoms with van der Waals surface area (Å²) in [6.07, 6.45) is 1.48. The van der Waals surface area contributed by atoms with Crippen LogP contribution >= 0.6 is 11.6 Å². The lowest BCUT2D eigenvalue weighted by Crippen LogP contribution is -2.29. The Bertz CT molecular complexity index is 984. The van der Waals surface area contributed by atoms with Gasteiger partial charge in [-0.1, -0.05) is 17.7 Å². The zero-order chi connectivity index (χ0) is 19.7. The lowest BCUT2D eigenvalue weighted by Gasteiger charge is -2.12. The molecule has 2 aromatic rings. The number of fused-ring (bicyclic) bond motifs is 1. The highest BCUT2D eigenvalue weighted by Crippen LogP contribution is 2.31. The fourth-order valence-electron chi connectivity index (χ4n) is 2.85. The van der Waals surface area contributed by atoms with Crippen LogP contribution in [-0.4, -0.2) is 36.3 Å². The van der Waals surface area contributed by atoms with E-state index in [1.54, 1.807) is 12.1 Å². The van der Waals surface area contributed by atoms with Gasteiger partial charge >= 0.3 is 0 Å². The monoisotopic (exact) mass is 384 g/mol. The summed E-state index contributed by atoms with van der Waals surface area (Å²) in [5.41, 5.74) is 1.97. The Balaban J connectivity index is 1.91. The van der Waals surface area contributed by atoms with Crippen LogP contribution in [0.25, 0.3) is 0 Å². The van der Waals surface area contributed by atoms with Crippen molar-refractivity contribution in [2.75, 3.05) is 19.0 Å². The van der Waals surface area contributed by atoms with Gasteiger partial charge in [-0.25, -0.2) is 0 Å². The van der Waals surface area contributed by atoms with Crippen LogP contribution in [0.3, 0.4) is 0 Å². The summed E-state index contributed by atoms with van der Waals surface area (Å²) in [5, 5.41) is 3.27. The van der Waals surface area contributed by atoms with Gasteiger partial charge in [0.2, 0.25) is 0 Å². The molecule has 6 nitrogen and oxygen atoms in total. The van der Waals surface area contributed by atoms with Gasteiger partial charge in [0.1, 0.15) is 5.75 Å². The average Bonchev–Trinajstić information content (AvgIpc) is 2.89. The van der Waals surface area contributed by atoms with Gasteiger partial charge in [0.25, 0.3) is 17.7 Å². The maximum absolute atomic E-state index is 12.6. The molecule has 1 aliphatic heterocycles. The number of imide groups is 1. The van der Waals surface area contributed by atoms with Crippen LogP contribution in [0.1, 0.15) is 36.6 Å². The number of methoxy groups -OCH3 is 1. The molecule has 2 aromatic carbocycles. The van der Waals surface area contributed by atoms with Crippen molar-refractivity contribution in [3.05, 3.63) is 70.3 Å². The lowest BCUT2D eigenvalue weighted by molar-refractivity contribution is 0.0672. The summed E-state index contributed by atoms with van der Waals surface area (Å²) in [5.74, 6) is -0.843. The van der Waals surface area contributed by atoms with E-state index in [4.69, 9.17) is 16.3 Å². The number of anilines is 1. The van der Waals surface area contributed by atoms with Crippen molar-refractivity contribution in [1.82, 2.24) is 4.90 Å². The Hall–Kier alpha value is -3.12. The summed E-state index contributed by atoms with van der Waals surface area (Å²) in [6.45, 7) is 5.48. The number of carbonyl (C=O) groups is 3. The molecule has 0 fully saturated rings. The van der Waals surface area contributed by atoms with Crippen molar-refractivity contribution in [1.29, 1.82) is 0 Å². The van der Waals surface area contributed by atoms with Crippen LogP contribution in [0.4, 0.5) is 5.69 Å². The molecule has 138 valence electrons. The Kier molecular flexibility index (Phi) is 5.01. The molecule has 7 heteroatoms. The first kappa shape index (κ1) is 18.7.